The number of nitrogens with one attached hydrogen (secondary N) is 1. The zero-order chi connectivity index (χ0) is 13.7. The standard InChI is InChI=1S/C15H17F2NS/c1-2-18-15(8-6-12-4-3-9-19-12)11-5-7-13(16)14(17)10-11/h3-5,7,9-10,15,18H,2,6,8H2,1H3. The molecular weight excluding hydrogens is 264 g/mol. The number of halogens is 2. The van der Waals surface area contributed by atoms with E-state index in [1.807, 2.05) is 13.0 Å². The highest BCUT2D eigenvalue weighted by molar-refractivity contribution is 7.09. The molecule has 19 heavy (non-hydrogen) atoms. The summed E-state index contributed by atoms with van der Waals surface area (Å²) in [4.78, 5) is 1.31. The van der Waals surface area contributed by atoms with E-state index >= 15 is 0 Å². The number of rotatable bonds is 6. The molecule has 2 rings (SSSR count). The summed E-state index contributed by atoms with van der Waals surface area (Å²) in [5, 5.41) is 5.37. The van der Waals surface area contributed by atoms with Crippen molar-refractivity contribution in [1.29, 1.82) is 0 Å². The van der Waals surface area contributed by atoms with Crippen LogP contribution >= 0.6 is 11.3 Å². The number of aryl methyl sites for hydroxylation is 1. The molecule has 1 unspecified atom stereocenters. The van der Waals surface area contributed by atoms with Crippen molar-refractivity contribution in [2.45, 2.75) is 25.8 Å². The average molecular weight is 281 g/mol. The predicted octanol–water partition coefficient (Wildman–Crippen LogP) is 4.31. The molecule has 0 radical (unpaired) electrons. The molecule has 2 aromatic rings. The van der Waals surface area contributed by atoms with Gasteiger partial charge >= 0.3 is 0 Å². The second-order valence-corrected chi connectivity index (χ2v) is 5.43. The van der Waals surface area contributed by atoms with E-state index in [1.165, 1.54) is 17.0 Å². The minimum Gasteiger partial charge on any atom is -0.310 e. The second kappa shape index (κ2) is 6.78. The van der Waals surface area contributed by atoms with Crippen LogP contribution in [0.15, 0.2) is 35.7 Å². The van der Waals surface area contributed by atoms with Gasteiger partial charge in [0.1, 0.15) is 0 Å². The molecular formula is C15H17F2NS. The molecule has 0 amide bonds. The lowest BCUT2D eigenvalue weighted by Gasteiger charge is -2.18. The van der Waals surface area contributed by atoms with E-state index in [4.69, 9.17) is 0 Å². The maximum atomic E-state index is 13.3. The van der Waals surface area contributed by atoms with Crippen LogP contribution in [0.5, 0.6) is 0 Å². The molecule has 1 heterocycles. The van der Waals surface area contributed by atoms with Crippen molar-refractivity contribution in [3.8, 4) is 0 Å². The summed E-state index contributed by atoms with van der Waals surface area (Å²) < 4.78 is 26.3. The number of hydrogen-bond acceptors (Lipinski definition) is 2. The van der Waals surface area contributed by atoms with Crippen LogP contribution in [0.3, 0.4) is 0 Å². The highest BCUT2D eigenvalue weighted by Gasteiger charge is 2.13. The summed E-state index contributed by atoms with van der Waals surface area (Å²) in [5.74, 6) is -1.58. The van der Waals surface area contributed by atoms with E-state index in [-0.39, 0.29) is 6.04 Å². The Labute approximate surface area is 116 Å². The van der Waals surface area contributed by atoms with Gasteiger partial charge in [-0.15, -0.1) is 11.3 Å². The van der Waals surface area contributed by atoms with Crippen LogP contribution in [0, 0.1) is 11.6 Å². The fourth-order valence-corrected chi connectivity index (χ4v) is 2.83. The third-order valence-electron chi connectivity index (χ3n) is 3.06. The Morgan fingerprint density at radius 1 is 1.21 bits per heavy atom. The van der Waals surface area contributed by atoms with E-state index < -0.39 is 11.6 Å². The first-order chi connectivity index (χ1) is 9.20. The lowest BCUT2D eigenvalue weighted by atomic mass is 10.0. The summed E-state index contributed by atoms with van der Waals surface area (Å²) >= 11 is 1.72. The Morgan fingerprint density at radius 3 is 2.68 bits per heavy atom. The molecule has 1 atom stereocenters. The highest BCUT2D eigenvalue weighted by Crippen LogP contribution is 2.22. The molecule has 0 spiro atoms. The van der Waals surface area contributed by atoms with Gasteiger partial charge in [-0.2, -0.15) is 0 Å². The van der Waals surface area contributed by atoms with Gasteiger partial charge < -0.3 is 5.32 Å². The third kappa shape index (κ3) is 3.85. The first-order valence-corrected chi connectivity index (χ1v) is 7.29. The van der Waals surface area contributed by atoms with Crippen LogP contribution in [0.1, 0.15) is 29.8 Å². The zero-order valence-corrected chi connectivity index (χ0v) is 11.6. The topological polar surface area (TPSA) is 12.0 Å². The van der Waals surface area contributed by atoms with Gasteiger partial charge in [-0.3, -0.25) is 0 Å². The van der Waals surface area contributed by atoms with Gasteiger partial charge in [0, 0.05) is 10.9 Å². The van der Waals surface area contributed by atoms with Crippen molar-refractivity contribution in [1.82, 2.24) is 5.32 Å². The summed E-state index contributed by atoms with van der Waals surface area (Å²) in [6.45, 7) is 2.81. The molecule has 0 aliphatic carbocycles. The van der Waals surface area contributed by atoms with Gasteiger partial charge in [0.25, 0.3) is 0 Å². The normalized spacial score (nSPS) is 12.6. The molecule has 0 aliphatic heterocycles. The fraction of sp³-hybridized carbons (Fsp3) is 0.333. The molecule has 0 bridgehead atoms. The van der Waals surface area contributed by atoms with Crippen LogP contribution in [0.2, 0.25) is 0 Å². The van der Waals surface area contributed by atoms with Crippen molar-refractivity contribution in [3.63, 3.8) is 0 Å². The monoisotopic (exact) mass is 281 g/mol. The van der Waals surface area contributed by atoms with Crippen molar-refractivity contribution in [2.75, 3.05) is 6.54 Å². The Hall–Kier alpha value is -1.26. The molecule has 0 fully saturated rings. The molecule has 1 aromatic carbocycles. The van der Waals surface area contributed by atoms with Gasteiger partial charge in [0.05, 0.1) is 0 Å². The minimum absolute atomic E-state index is 0.0576. The smallest absolute Gasteiger partial charge is 0.159 e. The van der Waals surface area contributed by atoms with E-state index in [0.717, 1.165) is 24.9 Å². The summed E-state index contributed by atoms with van der Waals surface area (Å²) in [6, 6.07) is 8.32. The first-order valence-electron chi connectivity index (χ1n) is 6.41. The van der Waals surface area contributed by atoms with Crippen molar-refractivity contribution in [2.24, 2.45) is 0 Å². The lowest BCUT2D eigenvalue weighted by Crippen LogP contribution is -2.21. The maximum Gasteiger partial charge on any atom is 0.159 e. The van der Waals surface area contributed by atoms with E-state index in [2.05, 4.69) is 16.8 Å². The van der Waals surface area contributed by atoms with E-state index in [1.54, 1.807) is 17.4 Å². The number of hydrogen-bond donors (Lipinski definition) is 1. The summed E-state index contributed by atoms with van der Waals surface area (Å²) in [7, 11) is 0. The summed E-state index contributed by atoms with van der Waals surface area (Å²) in [5.41, 5.74) is 0.803. The van der Waals surface area contributed by atoms with Gasteiger partial charge in [-0.25, -0.2) is 8.78 Å². The van der Waals surface area contributed by atoms with Gasteiger partial charge in [0.2, 0.25) is 0 Å². The average Bonchev–Trinajstić information content (AvgIpc) is 2.91. The van der Waals surface area contributed by atoms with Gasteiger partial charge in [0.15, 0.2) is 11.6 Å². The third-order valence-corrected chi connectivity index (χ3v) is 3.99. The molecule has 0 saturated heterocycles. The Bertz CT molecular complexity index is 511. The molecule has 0 saturated carbocycles. The number of thiophene rings is 1. The Morgan fingerprint density at radius 2 is 2.05 bits per heavy atom. The van der Waals surface area contributed by atoms with Crippen LogP contribution in [-0.4, -0.2) is 6.54 Å². The molecule has 0 aliphatic rings. The minimum atomic E-state index is -0.794. The number of benzene rings is 1. The second-order valence-electron chi connectivity index (χ2n) is 4.40. The summed E-state index contributed by atoms with van der Waals surface area (Å²) in [6.07, 6.45) is 1.81. The Balaban J connectivity index is 2.07. The molecule has 1 nitrogen and oxygen atoms in total. The molecule has 1 aromatic heterocycles. The van der Waals surface area contributed by atoms with Crippen molar-refractivity contribution < 1.29 is 8.78 Å². The lowest BCUT2D eigenvalue weighted by molar-refractivity contribution is 0.488. The van der Waals surface area contributed by atoms with Gasteiger partial charge in [-0.05, 0) is 48.5 Å². The molecule has 4 heteroatoms. The van der Waals surface area contributed by atoms with Crippen LogP contribution in [0.4, 0.5) is 8.78 Å². The van der Waals surface area contributed by atoms with E-state index in [9.17, 15) is 8.78 Å². The van der Waals surface area contributed by atoms with E-state index in [0.29, 0.717) is 0 Å². The maximum absolute atomic E-state index is 13.3. The quantitative estimate of drug-likeness (QED) is 0.832. The van der Waals surface area contributed by atoms with Crippen LogP contribution in [-0.2, 0) is 6.42 Å². The van der Waals surface area contributed by atoms with Crippen LogP contribution < -0.4 is 5.32 Å². The van der Waals surface area contributed by atoms with Crippen molar-refractivity contribution in [3.05, 3.63) is 57.8 Å². The van der Waals surface area contributed by atoms with Gasteiger partial charge in [-0.1, -0.05) is 19.1 Å². The fourth-order valence-electron chi connectivity index (χ4n) is 2.10. The highest BCUT2D eigenvalue weighted by atomic mass is 32.1. The largest absolute Gasteiger partial charge is 0.310 e. The first kappa shape index (κ1) is 14.2. The van der Waals surface area contributed by atoms with Crippen molar-refractivity contribution >= 4 is 11.3 Å². The predicted molar refractivity (Wildman–Crippen MR) is 75.4 cm³/mol. The Kier molecular flexibility index (Phi) is 5.05. The molecule has 102 valence electrons. The zero-order valence-electron chi connectivity index (χ0n) is 10.8. The van der Waals surface area contributed by atoms with Crippen LogP contribution in [0.25, 0.3) is 0 Å². The molecule has 1 N–H and O–H groups in total. The SMILES string of the molecule is CCNC(CCc1cccs1)c1ccc(F)c(F)c1.